The normalized spacial score (nSPS) is 20.3. The minimum absolute atomic E-state index is 0.0710. The number of phenols is 1. The van der Waals surface area contributed by atoms with E-state index in [0.717, 1.165) is 24.1 Å². The topological polar surface area (TPSA) is 32.3 Å². The number of nitrogens with one attached hydrogen (secondary N) is 1. The monoisotopic (exact) mass is 341 g/mol. The molecule has 1 aliphatic rings. The van der Waals surface area contributed by atoms with E-state index in [1.165, 1.54) is 6.07 Å². The molecule has 1 saturated carbocycles. The summed E-state index contributed by atoms with van der Waals surface area (Å²) < 4.78 is 37.8. The smallest absolute Gasteiger partial charge is 0.416 e. The Morgan fingerprint density at radius 3 is 2.43 bits per heavy atom. The number of rotatable bonds is 4. The number of hydrogen-bond donors (Lipinski definition) is 2. The molecular formula is C17H15ClF3NO. The van der Waals surface area contributed by atoms with Crippen molar-refractivity contribution in [2.75, 3.05) is 11.9 Å². The zero-order valence-corrected chi connectivity index (χ0v) is 12.8. The van der Waals surface area contributed by atoms with Gasteiger partial charge in [0.1, 0.15) is 5.75 Å². The van der Waals surface area contributed by atoms with Gasteiger partial charge in [0, 0.05) is 6.54 Å². The van der Waals surface area contributed by atoms with Crippen molar-refractivity contribution in [2.45, 2.75) is 18.5 Å². The standard InChI is InChI=1S/C17H15ClF3NO/c18-15-8-12(17(19,20)21)3-6-16(15)22-9-11-7-14(11)10-1-4-13(23)5-2-10/h1-6,8,11,14,22-23H,7,9H2. The number of benzene rings is 2. The Balaban J connectivity index is 1.59. The lowest BCUT2D eigenvalue weighted by molar-refractivity contribution is -0.137. The second kappa shape index (κ2) is 5.96. The van der Waals surface area contributed by atoms with Crippen molar-refractivity contribution in [1.29, 1.82) is 0 Å². The summed E-state index contributed by atoms with van der Waals surface area (Å²) in [6.07, 6.45) is -3.38. The molecule has 2 N–H and O–H groups in total. The van der Waals surface area contributed by atoms with Gasteiger partial charge in [0.05, 0.1) is 16.3 Å². The van der Waals surface area contributed by atoms with Crippen LogP contribution in [0.3, 0.4) is 0 Å². The third kappa shape index (κ3) is 3.72. The van der Waals surface area contributed by atoms with Crippen LogP contribution in [0.5, 0.6) is 5.75 Å². The quantitative estimate of drug-likeness (QED) is 0.793. The SMILES string of the molecule is Oc1ccc(C2CC2CNc2ccc(C(F)(F)F)cc2Cl)cc1. The first-order chi connectivity index (χ1) is 10.8. The maximum absolute atomic E-state index is 12.6. The van der Waals surface area contributed by atoms with Gasteiger partial charge in [-0.05, 0) is 54.2 Å². The summed E-state index contributed by atoms with van der Waals surface area (Å²) >= 11 is 5.92. The zero-order valence-electron chi connectivity index (χ0n) is 12.1. The molecule has 0 aromatic heterocycles. The van der Waals surface area contributed by atoms with Gasteiger partial charge in [-0.2, -0.15) is 13.2 Å². The van der Waals surface area contributed by atoms with E-state index < -0.39 is 11.7 Å². The summed E-state index contributed by atoms with van der Waals surface area (Å²) in [6, 6.07) is 10.4. The van der Waals surface area contributed by atoms with Gasteiger partial charge < -0.3 is 10.4 Å². The molecule has 0 radical (unpaired) electrons. The molecule has 2 aromatic rings. The minimum Gasteiger partial charge on any atom is -0.508 e. The Morgan fingerprint density at radius 2 is 1.83 bits per heavy atom. The molecule has 2 nitrogen and oxygen atoms in total. The van der Waals surface area contributed by atoms with Gasteiger partial charge in [-0.3, -0.25) is 0 Å². The van der Waals surface area contributed by atoms with Gasteiger partial charge >= 0.3 is 6.18 Å². The molecule has 0 heterocycles. The average molecular weight is 342 g/mol. The molecule has 0 aliphatic heterocycles. The molecule has 122 valence electrons. The van der Waals surface area contributed by atoms with Gasteiger partial charge in [0.2, 0.25) is 0 Å². The third-order valence-electron chi connectivity index (χ3n) is 4.09. The molecule has 23 heavy (non-hydrogen) atoms. The number of alkyl halides is 3. The van der Waals surface area contributed by atoms with Crippen molar-refractivity contribution in [3.05, 3.63) is 58.6 Å². The molecule has 6 heteroatoms. The highest BCUT2D eigenvalue weighted by Gasteiger charge is 2.38. The van der Waals surface area contributed by atoms with Crippen molar-refractivity contribution in [3.63, 3.8) is 0 Å². The van der Waals surface area contributed by atoms with Gasteiger partial charge in [-0.15, -0.1) is 0 Å². The first-order valence-corrected chi connectivity index (χ1v) is 7.62. The fourth-order valence-electron chi connectivity index (χ4n) is 2.68. The highest BCUT2D eigenvalue weighted by molar-refractivity contribution is 6.33. The molecule has 2 atom stereocenters. The first-order valence-electron chi connectivity index (χ1n) is 7.24. The molecule has 1 aliphatic carbocycles. The molecule has 3 rings (SSSR count). The predicted molar refractivity (Wildman–Crippen MR) is 83.9 cm³/mol. The fourth-order valence-corrected chi connectivity index (χ4v) is 2.93. The van der Waals surface area contributed by atoms with E-state index in [1.54, 1.807) is 12.1 Å². The maximum Gasteiger partial charge on any atom is 0.416 e. The van der Waals surface area contributed by atoms with E-state index >= 15 is 0 Å². The van der Waals surface area contributed by atoms with Crippen LogP contribution in [0.15, 0.2) is 42.5 Å². The summed E-state index contributed by atoms with van der Waals surface area (Å²) in [5, 5.41) is 12.5. The van der Waals surface area contributed by atoms with Crippen LogP contribution in [0.4, 0.5) is 18.9 Å². The lowest BCUT2D eigenvalue weighted by Crippen LogP contribution is -2.08. The summed E-state index contributed by atoms with van der Waals surface area (Å²) in [7, 11) is 0. The van der Waals surface area contributed by atoms with Crippen LogP contribution in [0.2, 0.25) is 5.02 Å². The Morgan fingerprint density at radius 1 is 1.13 bits per heavy atom. The van der Waals surface area contributed by atoms with Crippen LogP contribution >= 0.6 is 11.6 Å². The molecule has 0 spiro atoms. The minimum atomic E-state index is -4.39. The highest BCUT2D eigenvalue weighted by atomic mass is 35.5. The number of anilines is 1. The maximum atomic E-state index is 12.6. The van der Waals surface area contributed by atoms with Gasteiger partial charge in [-0.25, -0.2) is 0 Å². The van der Waals surface area contributed by atoms with E-state index in [4.69, 9.17) is 11.6 Å². The molecule has 0 amide bonds. The van der Waals surface area contributed by atoms with Crippen LogP contribution in [0, 0.1) is 5.92 Å². The van der Waals surface area contributed by atoms with Crippen LogP contribution in [0.1, 0.15) is 23.5 Å². The predicted octanol–water partition coefficient (Wildman–Crippen LogP) is 5.28. The zero-order chi connectivity index (χ0) is 16.6. The average Bonchev–Trinajstić information content (AvgIpc) is 3.25. The molecule has 2 unspecified atom stereocenters. The molecule has 2 aromatic carbocycles. The second-order valence-corrected chi connectivity index (χ2v) is 6.17. The third-order valence-corrected chi connectivity index (χ3v) is 4.41. The highest BCUT2D eigenvalue weighted by Crippen LogP contribution is 2.47. The first kappa shape index (κ1) is 16.0. The summed E-state index contributed by atoms with van der Waals surface area (Å²) in [5.41, 5.74) is 0.922. The van der Waals surface area contributed by atoms with E-state index in [9.17, 15) is 18.3 Å². The Kier molecular flexibility index (Phi) is 4.15. The molecule has 0 bridgehead atoms. The van der Waals surface area contributed by atoms with E-state index in [1.807, 2.05) is 12.1 Å². The molecular weight excluding hydrogens is 327 g/mol. The Labute approximate surface area is 136 Å². The number of hydrogen-bond acceptors (Lipinski definition) is 2. The summed E-state index contributed by atoms with van der Waals surface area (Å²) in [4.78, 5) is 0. The van der Waals surface area contributed by atoms with E-state index in [0.29, 0.717) is 24.1 Å². The number of aromatic hydroxyl groups is 1. The largest absolute Gasteiger partial charge is 0.508 e. The summed E-state index contributed by atoms with van der Waals surface area (Å²) in [5.74, 6) is 1.06. The van der Waals surface area contributed by atoms with Gasteiger partial charge in [0.15, 0.2) is 0 Å². The van der Waals surface area contributed by atoms with E-state index in [2.05, 4.69) is 5.32 Å². The van der Waals surface area contributed by atoms with Crippen LogP contribution in [-0.2, 0) is 6.18 Å². The fraction of sp³-hybridized carbons (Fsp3) is 0.294. The van der Waals surface area contributed by atoms with Crippen molar-refractivity contribution in [3.8, 4) is 5.75 Å². The summed E-state index contributed by atoms with van der Waals surface area (Å²) in [6.45, 7) is 0.649. The van der Waals surface area contributed by atoms with Crippen LogP contribution in [0.25, 0.3) is 0 Å². The van der Waals surface area contributed by atoms with Gasteiger partial charge in [-0.1, -0.05) is 23.7 Å². The molecule has 1 fully saturated rings. The van der Waals surface area contributed by atoms with Crippen molar-refractivity contribution < 1.29 is 18.3 Å². The van der Waals surface area contributed by atoms with Crippen molar-refractivity contribution in [1.82, 2.24) is 0 Å². The van der Waals surface area contributed by atoms with Crippen molar-refractivity contribution >= 4 is 17.3 Å². The van der Waals surface area contributed by atoms with E-state index in [-0.39, 0.29) is 10.8 Å². The molecule has 0 saturated heterocycles. The lowest BCUT2D eigenvalue weighted by atomic mass is 10.1. The lowest BCUT2D eigenvalue weighted by Gasteiger charge is -2.11. The second-order valence-electron chi connectivity index (χ2n) is 5.77. The Bertz CT molecular complexity index is 700. The number of phenolic OH excluding ortho intramolecular Hbond substituents is 1. The van der Waals surface area contributed by atoms with Crippen molar-refractivity contribution in [2.24, 2.45) is 5.92 Å². The van der Waals surface area contributed by atoms with Crippen LogP contribution in [-0.4, -0.2) is 11.7 Å². The van der Waals surface area contributed by atoms with Crippen LogP contribution < -0.4 is 5.32 Å². The number of halogens is 4. The van der Waals surface area contributed by atoms with Gasteiger partial charge in [0.25, 0.3) is 0 Å². The Hall–Kier alpha value is -1.88.